The molecule has 2 N–H and O–H groups in total. The molecule has 0 saturated carbocycles. The van der Waals surface area contributed by atoms with Crippen LogP contribution in [0.3, 0.4) is 0 Å². The van der Waals surface area contributed by atoms with Crippen molar-refractivity contribution in [1.82, 2.24) is 4.90 Å². The fourth-order valence-electron chi connectivity index (χ4n) is 2.16. The first kappa shape index (κ1) is 16.1. The first-order chi connectivity index (χ1) is 8.96. The van der Waals surface area contributed by atoms with Crippen LogP contribution in [-0.2, 0) is 6.54 Å². The van der Waals surface area contributed by atoms with Gasteiger partial charge in [0.05, 0.1) is 0 Å². The maximum Gasteiger partial charge on any atom is 0.130 e. The van der Waals surface area contributed by atoms with E-state index in [0.717, 1.165) is 25.5 Å². The van der Waals surface area contributed by atoms with Gasteiger partial charge >= 0.3 is 0 Å². The molecule has 1 aromatic rings. The number of hydrogen-bond acceptors (Lipinski definition) is 2. The Balaban J connectivity index is 2.95. The van der Waals surface area contributed by atoms with Crippen LogP contribution in [0.4, 0.5) is 8.78 Å². The lowest BCUT2D eigenvalue weighted by Gasteiger charge is -2.40. The summed E-state index contributed by atoms with van der Waals surface area (Å²) in [5.74, 6) is -1.03. The number of rotatable bonds is 7. The van der Waals surface area contributed by atoms with Gasteiger partial charge in [-0.15, -0.1) is 0 Å². The molecule has 1 aromatic carbocycles. The first-order valence-electron chi connectivity index (χ1n) is 6.86. The molecule has 1 rings (SSSR count). The summed E-state index contributed by atoms with van der Waals surface area (Å²) in [7, 11) is 0. The van der Waals surface area contributed by atoms with E-state index >= 15 is 0 Å². The molecule has 2 nitrogen and oxygen atoms in total. The number of halogens is 2. The molecular formula is C15H24F2N2. The minimum absolute atomic E-state index is 0.156. The molecule has 0 bridgehead atoms. The van der Waals surface area contributed by atoms with Crippen molar-refractivity contribution in [3.63, 3.8) is 0 Å². The second-order valence-electron chi connectivity index (χ2n) is 5.21. The number of nitrogens with zero attached hydrogens (tertiary/aromatic N) is 1. The van der Waals surface area contributed by atoms with Crippen molar-refractivity contribution >= 4 is 0 Å². The van der Waals surface area contributed by atoms with Gasteiger partial charge in [0.25, 0.3) is 0 Å². The Bertz CT molecular complexity index is 403. The predicted molar refractivity (Wildman–Crippen MR) is 74.8 cm³/mol. The summed E-state index contributed by atoms with van der Waals surface area (Å²) in [6.07, 6.45) is 1.87. The van der Waals surface area contributed by atoms with E-state index < -0.39 is 11.6 Å². The molecule has 0 aromatic heterocycles. The summed E-state index contributed by atoms with van der Waals surface area (Å²) in [5.41, 5.74) is 6.23. The summed E-state index contributed by atoms with van der Waals surface area (Å²) >= 11 is 0. The van der Waals surface area contributed by atoms with Crippen molar-refractivity contribution in [1.29, 1.82) is 0 Å². The van der Waals surface area contributed by atoms with Crippen molar-refractivity contribution in [3.05, 3.63) is 35.4 Å². The Morgan fingerprint density at radius 2 is 1.95 bits per heavy atom. The summed E-state index contributed by atoms with van der Waals surface area (Å²) in [5, 5.41) is 0. The molecule has 0 saturated heterocycles. The lowest BCUT2D eigenvalue weighted by atomic mass is 9.95. The van der Waals surface area contributed by atoms with Crippen LogP contribution >= 0.6 is 0 Å². The monoisotopic (exact) mass is 270 g/mol. The van der Waals surface area contributed by atoms with Crippen LogP contribution in [0.25, 0.3) is 0 Å². The van der Waals surface area contributed by atoms with Crippen molar-refractivity contribution in [2.24, 2.45) is 5.73 Å². The van der Waals surface area contributed by atoms with Gasteiger partial charge in [-0.2, -0.15) is 0 Å². The van der Waals surface area contributed by atoms with Gasteiger partial charge in [-0.05, 0) is 32.4 Å². The van der Waals surface area contributed by atoms with Crippen LogP contribution in [0.15, 0.2) is 18.2 Å². The smallest absolute Gasteiger partial charge is 0.130 e. The lowest BCUT2D eigenvalue weighted by molar-refractivity contribution is 0.0959. The average molecular weight is 270 g/mol. The quantitative estimate of drug-likeness (QED) is 0.823. The van der Waals surface area contributed by atoms with Gasteiger partial charge < -0.3 is 5.73 Å². The van der Waals surface area contributed by atoms with Gasteiger partial charge in [-0.1, -0.05) is 19.9 Å². The van der Waals surface area contributed by atoms with Crippen LogP contribution in [0.5, 0.6) is 0 Å². The third-order valence-electron chi connectivity index (χ3n) is 3.83. The highest BCUT2D eigenvalue weighted by Gasteiger charge is 2.28. The van der Waals surface area contributed by atoms with Crippen molar-refractivity contribution in [3.8, 4) is 0 Å². The Labute approximate surface area is 114 Å². The zero-order valence-electron chi connectivity index (χ0n) is 12.0. The van der Waals surface area contributed by atoms with Gasteiger partial charge in [-0.25, -0.2) is 8.78 Å². The minimum Gasteiger partial charge on any atom is -0.329 e. The molecule has 0 heterocycles. The van der Waals surface area contributed by atoms with Crippen LogP contribution < -0.4 is 5.73 Å². The Hall–Kier alpha value is -1.00. The fourth-order valence-corrected chi connectivity index (χ4v) is 2.16. The van der Waals surface area contributed by atoms with Crippen molar-refractivity contribution in [2.75, 3.05) is 13.1 Å². The normalized spacial score (nSPS) is 14.7. The summed E-state index contributed by atoms with van der Waals surface area (Å²) in [4.78, 5) is 2.18. The maximum absolute atomic E-state index is 13.7. The maximum atomic E-state index is 13.7. The molecule has 0 aliphatic carbocycles. The average Bonchev–Trinajstić information content (AvgIpc) is 2.40. The van der Waals surface area contributed by atoms with E-state index in [1.54, 1.807) is 0 Å². The van der Waals surface area contributed by atoms with Crippen LogP contribution in [-0.4, -0.2) is 23.5 Å². The Morgan fingerprint density at radius 1 is 1.26 bits per heavy atom. The van der Waals surface area contributed by atoms with E-state index in [4.69, 9.17) is 5.73 Å². The molecule has 0 spiro atoms. The Kier molecular flexibility index (Phi) is 5.88. The molecule has 0 radical (unpaired) electrons. The number of benzene rings is 1. The standard InChI is InChI=1S/C15H24F2N2/c1-4-8-19(15(3,5-2)11-18)10-12-6-7-13(16)9-14(12)17/h6-7,9H,4-5,8,10-11,18H2,1-3H3. The number of hydrogen-bond donors (Lipinski definition) is 1. The van der Waals surface area contributed by atoms with Gasteiger partial charge in [0.2, 0.25) is 0 Å². The molecule has 19 heavy (non-hydrogen) atoms. The SMILES string of the molecule is CCCN(Cc1ccc(F)cc1F)C(C)(CC)CN. The molecule has 1 atom stereocenters. The largest absolute Gasteiger partial charge is 0.329 e. The predicted octanol–water partition coefficient (Wildman–Crippen LogP) is 3.30. The van der Waals surface area contributed by atoms with Crippen LogP contribution in [0.2, 0.25) is 0 Å². The summed E-state index contributed by atoms with van der Waals surface area (Å²) in [6, 6.07) is 3.75. The zero-order chi connectivity index (χ0) is 14.5. The lowest BCUT2D eigenvalue weighted by Crippen LogP contribution is -2.51. The van der Waals surface area contributed by atoms with E-state index in [0.29, 0.717) is 18.7 Å². The molecule has 1 unspecified atom stereocenters. The second-order valence-corrected chi connectivity index (χ2v) is 5.21. The summed E-state index contributed by atoms with van der Waals surface area (Å²) in [6.45, 7) is 8.08. The molecule has 108 valence electrons. The second kappa shape index (κ2) is 6.96. The van der Waals surface area contributed by atoms with E-state index in [1.165, 1.54) is 12.1 Å². The third-order valence-corrected chi connectivity index (χ3v) is 3.83. The molecule has 4 heteroatoms. The minimum atomic E-state index is -0.541. The van der Waals surface area contributed by atoms with Crippen molar-refractivity contribution in [2.45, 2.75) is 45.7 Å². The molecule has 0 fully saturated rings. The van der Waals surface area contributed by atoms with Crippen LogP contribution in [0, 0.1) is 11.6 Å². The first-order valence-corrected chi connectivity index (χ1v) is 6.86. The Morgan fingerprint density at radius 3 is 2.42 bits per heavy atom. The van der Waals surface area contributed by atoms with Crippen molar-refractivity contribution < 1.29 is 8.78 Å². The number of nitrogens with two attached hydrogens (primary N) is 1. The highest BCUT2D eigenvalue weighted by molar-refractivity contribution is 5.18. The van der Waals surface area contributed by atoms with E-state index in [1.807, 2.05) is 0 Å². The molecule has 0 aliphatic rings. The van der Waals surface area contributed by atoms with Gasteiger partial charge in [0, 0.05) is 30.3 Å². The molecular weight excluding hydrogens is 246 g/mol. The molecule has 0 aliphatic heterocycles. The van der Waals surface area contributed by atoms with E-state index in [2.05, 4.69) is 25.7 Å². The highest BCUT2D eigenvalue weighted by atomic mass is 19.1. The van der Waals surface area contributed by atoms with Gasteiger partial charge in [0.15, 0.2) is 0 Å². The van der Waals surface area contributed by atoms with Gasteiger partial charge in [0.1, 0.15) is 11.6 Å². The fraction of sp³-hybridized carbons (Fsp3) is 0.600. The van der Waals surface area contributed by atoms with E-state index in [9.17, 15) is 8.78 Å². The summed E-state index contributed by atoms with van der Waals surface area (Å²) < 4.78 is 26.7. The third kappa shape index (κ3) is 3.98. The highest BCUT2D eigenvalue weighted by Crippen LogP contribution is 2.22. The molecule has 0 amide bonds. The zero-order valence-corrected chi connectivity index (χ0v) is 12.0. The van der Waals surface area contributed by atoms with E-state index in [-0.39, 0.29) is 5.54 Å². The van der Waals surface area contributed by atoms with Gasteiger partial charge in [-0.3, -0.25) is 4.90 Å². The van der Waals surface area contributed by atoms with Crippen LogP contribution in [0.1, 0.15) is 39.2 Å². The topological polar surface area (TPSA) is 29.3 Å².